The van der Waals surface area contributed by atoms with E-state index in [0.717, 1.165) is 6.42 Å². The van der Waals surface area contributed by atoms with Crippen LogP contribution in [0.5, 0.6) is 0 Å². The molecule has 7 heteroatoms. The van der Waals surface area contributed by atoms with Crippen molar-refractivity contribution in [3.05, 3.63) is 41.1 Å². The number of amides is 1. The third-order valence-electron chi connectivity index (χ3n) is 3.07. The van der Waals surface area contributed by atoms with Crippen molar-refractivity contribution in [3.63, 3.8) is 0 Å². The van der Waals surface area contributed by atoms with Crippen molar-refractivity contribution in [2.75, 3.05) is 17.7 Å². The summed E-state index contributed by atoms with van der Waals surface area (Å²) in [5, 5.41) is 6.18. The van der Waals surface area contributed by atoms with E-state index in [4.69, 9.17) is 10.5 Å². The molecule has 0 aliphatic heterocycles. The van der Waals surface area contributed by atoms with Crippen molar-refractivity contribution in [3.8, 4) is 0 Å². The highest BCUT2D eigenvalue weighted by Gasteiger charge is 2.20. The van der Waals surface area contributed by atoms with Crippen LogP contribution in [0.15, 0.2) is 28.8 Å². The number of nitrogens with one attached hydrogen (secondary N) is 1. The van der Waals surface area contributed by atoms with Gasteiger partial charge in [-0.25, -0.2) is 4.79 Å². The first-order chi connectivity index (χ1) is 10.5. The first-order valence-electron chi connectivity index (χ1n) is 6.79. The van der Waals surface area contributed by atoms with Crippen LogP contribution in [0, 0.1) is 6.92 Å². The second kappa shape index (κ2) is 6.75. The Bertz CT molecular complexity index is 657. The minimum absolute atomic E-state index is 0.0418. The number of benzene rings is 1. The average molecular weight is 303 g/mol. The molecule has 0 spiro atoms. The summed E-state index contributed by atoms with van der Waals surface area (Å²) in [6.07, 6.45) is 0.922. The van der Waals surface area contributed by atoms with Gasteiger partial charge in [0.05, 0.1) is 5.69 Å². The first kappa shape index (κ1) is 15.6. The van der Waals surface area contributed by atoms with Gasteiger partial charge in [0, 0.05) is 5.69 Å². The fraction of sp³-hybridized carbons (Fsp3) is 0.267. The van der Waals surface area contributed by atoms with Gasteiger partial charge in [0.1, 0.15) is 5.56 Å². The summed E-state index contributed by atoms with van der Waals surface area (Å²) < 4.78 is 9.56. The van der Waals surface area contributed by atoms with Crippen LogP contribution in [-0.2, 0) is 16.0 Å². The van der Waals surface area contributed by atoms with Gasteiger partial charge in [-0.1, -0.05) is 24.2 Å². The van der Waals surface area contributed by atoms with E-state index in [1.165, 1.54) is 5.56 Å². The molecule has 7 nitrogen and oxygen atoms in total. The van der Waals surface area contributed by atoms with Crippen molar-refractivity contribution < 1.29 is 18.8 Å². The largest absolute Gasteiger partial charge is 0.452 e. The molecule has 0 aliphatic carbocycles. The lowest BCUT2D eigenvalue weighted by Gasteiger charge is -2.07. The Labute approximate surface area is 127 Å². The number of esters is 1. The maximum atomic E-state index is 11.8. The van der Waals surface area contributed by atoms with Crippen molar-refractivity contribution >= 4 is 23.4 Å². The zero-order chi connectivity index (χ0) is 16.1. The minimum Gasteiger partial charge on any atom is -0.452 e. The number of anilines is 2. The predicted octanol–water partition coefficient (Wildman–Crippen LogP) is 1.92. The van der Waals surface area contributed by atoms with Gasteiger partial charge in [-0.2, -0.15) is 0 Å². The molecule has 0 saturated heterocycles. The number of carbonyl (C=O) groups is 2. The fourth-order valence-corrected chi connectivity index (χ4v) is 1.86. The smallest absolute Gasteiger partial charge is 0.346 e. The number of nitrogens with zero attached hydrogens (tertiary/aromatic N) is 1. The summed E-state index contributed by atoms with van der Waals surface area (Å²) in [5.74, 6) is -1.31. The second-order valence-corrected chi connectivity index (χ2v) is 4.68. The minimum atomic E-state index is -0.743. The normalized spacial score (nSPS) is 10.3. The van der Waals surface area contributed by atoms with Crippen LogP contribution in [0.3, 0.4) is 0 Å². The van der Waals surface area contributed by atoms with Crippen LogP contribution in [-0.4, -0.2) is 23.6 Å². The Morgan fingerprint density at radius 2 is 2.00 bits per heavy atom. The van der Waals surface area contributed by atoms with Crippen LogP contribution in [0.1, 0.15) is 28.5 Å². The van der Waals surface area contributed by atoms with E-state index in [-0.39, 0.29) is 11.4 Å². The number of rotatable bonds is 5. The van der Waals surface area contributed by atoms with E-state index < -0.39 is 18.5 Å². The Morgan fingerprint density at radius 3 is 2.55 bits per heavy atom. The van der Waals surface area contributed by atoms with Crippen LogP contribution >= 0.6 is 0 Å². The van der Waals surface area contributed by atoms with Crippen LogP contribution in [0.2, 0.25) is 0 Å². The van der Waals surface area contributed by atoms with E-state index in [1.54, 1.807) is 19.1 Å². The molecule has 3 N–H and O–H groups in total. The van der Waals surface area contributed by atoms with Crippen molar-refractivity contribution in [2.45, 2.75) is 20.3 Å². The van der Waals surface area contributed by atoms with E-state index >= 15 is 0 Å². The molecule has 1 heterocycles. The number of aromatic nitrogens is 1. The highest BCUT2D eigenvalue weighted by Crippen LogP contribution is 2.16. The Hall–Kier alpha value is -2.83. The number of hydrogen-bond acceptors (Lipinski definition) is 6. The van der Waals surface area contributed by atoms with E-state index in [1.807, 2.05) is 19.1 Å². The number of ether oxygens (including phenoxy) is 1. The summed E-state index contributed by atoms with van der Waals surface area (Å²) in [4.78, 5) is 23.6. The molecule has 0 atom stereocenters. The summed E-state index contributed by atoms with van der Waals surface area (Å²) in [6.45, 7) is 3.19. The van der Waals surface area contributed by atoms with Gasteiger partial charge >= 0.3 is 5.97 Å². The molecule has 116 valence electrons. The van der Waals surface area contributed by atoms with Crippen molar-refractivity contribution in [1.29, 1.82) is 0 Å². The molecular formula is C15H17N3O4. The highest BCUT2D eigenvalue weighted by molar-refractivity contribution is 5.98. The quantitative estimate of drug-likeness (QED) is 0.817. The molecule has 1 amide bonds. The number of hydrogen-bond donors (Lipinski definition) is 2. The van der Waals surface area contributed by atoms with Crippen molar-refractivity contribution in [2.24, 2.45) is 0 Å². The third kappa shape index (κ3) is 3.63. The van der Waals surface area contributed by atoms with Crippen molar-refractivity contribution in [1.82, 2.24) is 5.16 Å². The molecule has 0 aliphatic rings. The highest BCUT2D eigenvalue weighted by atomic mass is 16.5. The number of nitrogens with two attached hydrogens (primary N) is 1. The SMILES string of the molecule is CCc1ccc(NC(=O)COC(=O)c2c(C)noc2N)cc1. The number of carbonyl (C=O) groups excluding carboxylic acids is 2. The molecule has 2 rings (SSSR count). The van der Waals surface area contributed by atoms with Gasteiger partial charge in [-0.15, -0.1) is 0 Å². The van der Waals surface area contributed by atoms with Gasteiger partial charge < -0.3 is 20.3 Å². The van der Waals surface area contributed by atoms with E-state index in [0.29, 0.717) is 11.4 Å². The molecule has 22 heavy (non-hydrogen) atoms. The molecular weight excluding hydrogens is 286 g/mol. The molecule has 1 aromatic carbocycles. The zero-order valence-electron chi connectivity index (χ0n) is 12.4. The van der Waals surface area contributed by atoms with Gasteiger partial charge in [0.15, 0.2) is 6.61 Å². The van der Waals surface area contributed by atoms with Crippen LogP contribution < -0.4 is 11.1 Å². The monoisotopic (exact) mass is 303 g/mol. The molecule has 0 radical (unpaired) electrons. The van der Waals surface area contributed by atoms with E-state index in [9.17, 15) is 9.59 Å². The molecule has 0 fully saturated rings. The second-order valence-electron chi connectivity index (χ2n) is 4.68. The van der Waals surface area contributed by atoms with Gasteiger partial charge in [-0.3, -0.25) is 4.79 Å². The van der Waals surface area contributed by atoms with E-state index in [2.05, 4.69) is 15.0 Å². The molecule has 1 aromatic heterocycles. The molecule has 0 saturated carbocycles. The topological polar surface area (TPSA) is 107 Å². The fourth-order valence-electron chi connectivity index (χ4n) is 1.86. The maximum absolute atomic E-state index is 11.8. The summed E-state index contributed by atoms with van der Waals surface area (Å²) in [6, 6.07) is 7.42. The lowest BCUT2D eigenvalue weighted by molar-refractivity contribution is -0.119. The zero-order valence-corrected chi connectivity index (χ0v) is 12.4. The van der Waals surface area contributed by atoms with Crippen LogP contribution in [0.25, 0.3) is 0 Å². The van der Waals surface area contributed by atoms with Crippen LogP contribution in [0.4, 0.5) is 11.6 Å². The number of aryl methyl sites for hydroxylation is 2. The molecule has 0 bridgehead atoms. The Morgan fingerprint density at radius 1 is 1.32 bits per heavy atom. The Kier molecular flexibility index (Phi) is 4.77. The van der Waals surface area contributed by atoms with Gasteiger partial charge in [-0.05, 0) is 31.0 Å². The lowest BCUT2D eigenvalue weighted by atomic mass is 10.1. The lowest BCUT2D eigenvalue weighted by Crippen LogP contribution is -2.21. The maximum Gasteiger partial charge on any atom is 0.346 e. The van der Waals surface area contributed by atoms with Gasteiger partial charge in [0.2, 0.25) is 5.88 Å². The Balaban J connectivity index is 1.88. The predicted molar refractivity (Wildman–Crippen MR) is 80.4 cm³/mol. The molecule has 2 aromatic rings. The average Bonchev–Trinajstić information content (AvgIpc) is 2.85. The summed E-state index contributed by atoms with van der Waals surface area (Å²) in [5.41, 5.74) is 7.64. The molecule has 0 unspecified atom stereocenters. The number of nitrogen functional groups attached to an aromatic ring is 1. The summed E-state index contributed by atoms with van der Waals surface area (Å²) >= 11 is 0. The standard InChI is InChI=1S/C15H17N3O4/c1-3-10-4-6-11(7-5-10)17-12(19)8-21-15(20)13-9(2)18-22-14(13)16/h4-7H,3,8,16H2,1-2H3,(H,17,19). The van der Waals surface area contributed by atoms with Gasteiger partial charge in [0.25, 0.3) is 5.91 Å². The first-order valence-corrected chi connectivity index (χ1v) is 6.79. The third-order valence-corrected chi connectivity index (χ3v) is 3.07. The summed E-state index contributed by atoms with van der Waals surface area (Å²) in [7, 11) is 0.